The highest BCUT2D eigenvalue weighted by Gasteiger charge is 2.30. The van der Waals surface area contributed by atoms with E-state index in [4.69, 9.17) is 0 Å². The standard InChI is InChI=1S/C22H41N3O4S.2H2/c1-4-18-30(28,29)25-16-12-20(13-17-25)22(27)24-15-9-7-6-8-14-23-21(26)11-10-19(3)5-2;;/h10-11,19-20H,4-9,12-18H2,1-3H3,(H,23,26)(H,24,27);2*1H/b11-10+;;. The molecule has 0 saturated carbocycles. The molecule has 0 radical (unpaired) electrons. The van der Waals surface area contributed by atoms with Gasteiger partial charge in [-0.1, -0.05) is 46.1 Å². The van der Waals surface area contributed by atoms with Crippen molar-refractivity contribution in [3.05, 3.63) is 12.2 Å². The molecule has 1 unspecified atom stereocenters. The minimum absolute atomic E-state index is 0. The number of rotatable bonds is 14. The lowest BCUT2D eigenvalue weighted by molar-refractivity contribution is -0.126. The highest BCUT2D eigenvalue weighted by atomic mass is 32.2. The van der Waals surface area contributed by atoms with Gasteiger partial charge in [-0.3, -0.25) is 9.59 Å². The van der Waals surface area contributed by atoms with Gasteiger partial charge in [-0.15, -0.1) is 0 Å². The molecule has 30 heavy (non-hydrogen) atoms. The van der Waals surface area contributed by atoms with Crippen LogP contribution in [-0.2, 0) is 19.6 Å². The molecule has 178 valence electrons. The Balaban J connectivity index is 0. The van der Waals surface area contributed by atoms with E-state index in [0.717, 1.165) is 32.1 Å². The molecule has 2 N–H and O–H groups in total. The van der Waals surface area contributed by atoms with Crippen LogP contribution in [0.4, 0.5) is 0 Å². The Morgan fingerprint density at radius 2 is 1.67 bits per heavy atom. The molecule has 1 rings (SSSR count). The molecule has 0 aromatic carbocycles. The molecule has 0 aliphatic carbocycles. The van der Waals surface area contributed by atoms with Gasteiger partial charge in [-0.25, -0.2) is 12.7 Å². The summed E-state index contributed by atoms with van der Waals surface area (Å²) in [4.78, 5) is 23.9. The van der Waals surface area contributed by atoms with E-state index in [1.54, 1.807) is 6.08 Å². The number of hydrogen-bond acceptors (Lipinski definition) is 4. The summed E-state index contributed by atoms with van der Waals surface area (Å²) < 4.78 is 25.7. The van der Waals surface area contributed by atoms with Crippen molar-refractivity contribution < 1.29 is 20.9 Å². The van der Waals surface area contributed by atoms with Crippen molar-refractivity contribution in [2.75, 3.05) is 31.9 Å². The van der Waals surface area contributed by atoms with Crippen molar-refractivity contribution in [3.8, 4) is 0 Å². The maximum atomic E-state index is 12.3. The zero-order chi connectivity index (χ0) is 22.4. The maximum Gasteiger partial charge on any atom is 0.243 e. The highest BCUT2D eigenvalue weighted by Crippen LogP contribution is 2.20. The Hall–Kier alpha value is -1.41. The molecular weight excluding hydrogens is 402 g/mol. The normalized spacial score (nSPS) is 17.2. The Kier molecular flexibility index (Phi) is 12.9. The number of carbonyl (C=O) groups is 2. The molecule has 1 saturated heterocycles. The zero-order valence-corrected chi connectivity index (χ0v) is 19.8. The molecular formula is C22H45N3O4S. The van der Waals surface area contributed by atoms with E-state index >= 15 is 0 Å². The summed E-state index contributed by atoms with van der Waals surface area (Å²) in [6, 6.07) is 0. The molecule has 1 aliphatic rings. The third-order valence-electron chi connectivity index (χ3n) is 5.60. The van der Waals surface area contributed by atoms with Crippen LogP contribution in [0.5, 0.6) is 0 Å². The van der Waals surface area contributed by atoms with Crippen molar-refractivity contribution in [2.45, 2.75) is 72.1 Å². The molecule has 0 aromatic rings. The quantitative estimate of drug-likeness (QED) is 0.315. The first-order valence-electron chi connectivity index (χ1n) is 11.5. The third kappa shape index (κ3) is 10.6. The fourth-order valence-electron chi connectivity index (χ4n) is 3.40. The maximum absolute atomic E-state index is 12.3. The van der Waals surface area contributed by atoms with Crippen LogP contribution in [-0.4, -0.2) is 56.5 Å². The van der Waals surface area contributed by atoms with E-state index in [1.165, 1.54) is 4.31 Å². The second-order valence-electron chi connectivity index (χ2n) is 8.23. The minimum Gasteiger partial charge on any atom is -0.356 e. The molecule has 8 heteroatoms. The number of amides is 2. The van der Waals surface area contributed by atoms with Crippen LogP contribution in [0.3, 0.4) is 0 Å². The molecule has 2 amide bonds. The fraction of sp³-hybridized carbons (Fsp3) is 0.818. The van der Waals surface area contributed by atoms with Crippen molar-refractivity contribution >= 4 is 21.8 Å². The second-order valence-corrected chi connectivity index (χ2v) is 10.3. The molecule has 0 aromatic heterocycles. The Morgan fingerprint density at radius 1 is 1.07 bits per heavy atom. The first kappa shape index (κ1) is 26.6. The molecule has 7 nitrogen and oxygen atoms in total. The SMILES string of the molecule is CCCS(=O)(=O)N1CCC(C(=O)NCCCCCCNC(=O)/C=C/C(C)CC)CC1.[HH].[HH]. The van der Waals surface area contributed by atoms with E-state index in [1.807, 2.05) is 13.0 Å². The lowest BCUT2D eigenvalue weighted by Crippen LogP contribution is -2.43. The monoisotopic (exact) mass is 447 g/mol. The van der Waals surface area contributed by atoms with Crippen molar-refractivity contribution in [2.24, 2.45) is 11.8 Å². The van der Waals surface area contributed by atoms with Gasteiger partial charge in [0.15, 0.2) is 0 Å². The summed E-state index contributed by atoms with van der Waals surface area (Å²) >= 11 is 0. The summed E-state index contributed by atoms with van der Waals surface area (Å²) in [5.41, 5.74) is 0. The number of unbranched alkanes of at least 4 members (excludes halogenated alkanes) is 3. The van der Waals surface area contributed by atoms with Gasteiger partial charge in [-0.2, -0.15) is 0 Å². The molecule has 0 spiro atoms. The molecule has 0 bridgehead atoms. The van der Waals surface area contributed by atoms with Crippen molar-refractivity contribution in [3.63, 3.8) is 0 Å². The van der Waals surface area contributed by atoms with Crippen LogP contribution in [0.25, 0.3) is 0 Å². The number of sulfonamides is 1. The van der Waals surface area contributed by atoms with E-state index in [9.17, 15) is 18.0 Å². The van der Waals surface area contributed by atoms with Gasteiger partial charge in [0.05, 0.1) is 5.75 Å². The van der Waals surface area contributed by atoms with Crippen LogP contribution in [0.1, 0.15) is 75.0 Å². The number of nitrogens with zero attached hydrogens (tertiary/aromatic N) is 1. The summed E-state index contributed by atoms with van der Waals surface area (Å²) in [5.74, 6) is 0.533. The lowest BCUT2D eigenvalue weighted by Gasteiger charge is -2.30. The first-order chi connectivity index (χ1) is 14.3. The predicted octanol–water partition coefficient (Wildman–Crippen LogP) is 3.33. The number of carbonyl (C=O) groups excluding carboxylic acids is 2. The van der Waals surface area contributed by atoms with Crippen LogP contribution >= 0.6 is 0 Å². The number of piperidine rings is 1. The number of allylic oxidation sites excluding steroid dienone is 1. The zero-order valence-electron chi connectivity index (χ0n) is 19.0. The molecule has 1 aliphatic heterocycles. The topological polar surface area (TPSA) is 95.6 Å². The van der Waals surface area contributed by atoms with Crippen molar-refractivity contribution in [1.82, 2.24) is 14.9 Å². The highest BCUT2D eigenvalue weighted by molar-refractivity contribution is 7.89. The van der Waals surface area contributed by atoms with Crippen LogP contribution < -0.4 is 10.6 Å². The first-order valence-corrected chi connectivity index (χ1v) is 13.1. The van der Waals surface area contributed by atoms with Gasteiger partial charge in [0, 0.05) is 35.0 Å². The van der Waals surface area contributed by atoms with Gasteiger partial charge in [0.2, 0.25) is 21.8 Å². The largest absolute Gasteiger partial charge is 0.356 e. The smallest absolute Gasteiger partial charge is 0.243 e. The average Bonchev–Trinajstić information content (AvgIpc) is 2.73. The Bertz CT molecular complexity index is 652. The average molecular weight is 448 g/mol. The molecule has 1 atom stereocenters. The van der Waals surface area contributed by atoms with E-state index < -0.39 is 10.0 Å². The van der Waals surface area contributed by atoms with Crippen molar-refractivity contribution in [1.29, 1.82) is 0 Å². The number of hydrogen-bond donors (Lipinski definition) is 2. The third-order valence-corrected chi connectivity index (χ3v) is 7.68. The Labute approximate surface area is 186 Å². The summed E-state index contributed by atoms with van der Waals surface area (Å²) in [6.07, 6.45) is 10.3. The van der Waals surface area contributed by atoms with Gasteiger partial charge < -0.3 is 10.6 Å². The lowest BCUT2D eigenvalue weighted by atomic mass is 9.97. The van der Waals surface area contributed by atoms with Gasteiger partial charge in [-0.05, 0) is 44.1 Å². The van der Waals surface area contributed by atoms with Gasteiger partial charge in [0.25, 0.3) is 0 Å². The van der Waals surface area contributed by atoms with E-state index in [0.29, 0.717) is 51.4 Å². The van der Waals surface area contributed by atoms with Gasteiger partial charge >= 0.3 is 0 Å². The predicted molar refractivity (Wildman–Crippen MR) is 126 cm³/mol. The second kappa shape index (κ2) is 14.6. The summed E-state index contributed by atoms with van der Waals surface area (Å²) in [5, 5.41) is 5.88. The van der Waals surface area contributed by atoms with E-state index in [2.05, 4.69) is 24.5 Å². The van der Waals surface area contributed by atoms with Crippen LogP contribution in [0, 0.1) is 11.8 Å². The van der Waals surface area contributed by atoms with Crippen LogP contribution in [0.15, 0.2) is 12.2 Å². The van der Waals surface area contributed by atoms with E-state index in [-0.39, 0.29) is 26.3 Å². The molecule has 1 fully saturated rings. The minimum atomic E-state index is -3.16. The number of nitrogens with one attached hydrogen (secondary N) is 2. The molecule has 1 heterocycles. The summed E-state index contributed by atoms with van der Waals surface area (Å²) in [6.45, 7) is 8.26. The van der Waals surface area contributed by atoms with Gasteiger partial charge in [0.1, 0.15) is 0 Å². The Morgan fingerprint density at radius 3 is 2.23 bits per heavy atom. The fourth-order valence-corrected chi connectivity index (χ4v) is 4.94. The summed E-state index contributed by atoms with van der Waals surface area (Å²) in [7, 11) is -3.16. The van der Waals surface area contributed by atoms with Crippen LogP contribution in [0.2, 0.25) is 0 Å².